The molecule has 1 unspecified atom stereocenters. The molecule has 1 aliphatic rings. The third kappa shape index (κ3) is 1.19. The Morgan fingerprint density at radius 2 is 2.50 bits per heavy atom. The van der Waals surface area contributed by atoms with Crippen molar-refractivity contribution in [3.63, 3.8) is 0 Å². The summed E-state index contributed by atoms with van der Waals surface area (Å²) < 4.78 is 0. The fourth-order valence-corrected chi connectivity index (χ4v) is 1.15. The molecule has 1 N–H and O–H groups in total. The van der Waals surface area contributed by atoms with E-state index in [0.29, 0.717) is 5.92 Å². The highest BCUT2D eigenvalue weighted by atomic mass is 32.1. The number of hydrogen-bond donors (Lipinski definition) is 1. The summed E-state index contributed by atoms with van der Waals surface area (Å²) in [6, 6.07) is 0. The largest absolute Gasteiger partial charge is 0.379 e. The predicted octanol–water partition coefficient (Wildman–Crippen LogP) is 1.33. The molecule has 0 aromatic heterocycles. The lowest BCUT2D eigenvalue weighted by Crippen LogP contribution is -2.33. The molecule has 0 aromatic rings. The molecule has 0 saturated carbocycles. The summed E-state index contributed by atoms with van der Waals surface area (Å²) in [5, 5.41) is 3.16. The minimum atomic E-state index is 0.624. The van der Waals surface area contributed by atoms with E-state index in [4.69, 9.17) is 12.2 Å². The number of hydrogen-bond acceptors (Lipinski definition) is 1. The van der Waals surface area contributed by atoms with Gasteiger partial charge in [0, 0.05) is 12.5 Å². The van der Waals surface area contributed by atoms with Gasteiger partial charge in [-0.15, -0.1) is 0 Å². The van der Waals surface area contributed by atoms with Gasteiger partial charge >= 0.3 is 0 Å². The SMILES string of the molecule is CC1CCCNC1=S. The molecule has 1 atom stereocenters. The van der Waals surface area contributed by atoms with Crippen molar-refractivity contribution in [1.82, 2.24) is 5.32 Å². The molecule has 0 spiro atoms. The van der Waals surface area contributed by atoms with Crippen molar-refractivity contribution in [3.05, 3.63) is 0 Å². The lowest BCUT2D eigenvalue weighted by Gasteiger charge is -2.20. The second-order valence-corrected chi connectivity index (χ2v) is 2.77. The van der Waals surface area contributed by atoms with Gasteiger partial charge in [-0.05, 0) is 12.8 Å². The maximum atomic E-state index is 5.02. The Labute approximate surface area is 55.5 Å². The molecular formula is C6H11NS. The van der Waals surface area contributed by atoms with E-state index < -0.39 is 0 Å². The summed E-state index contributed by atoms with van der Waals surface area (Å²) in [5.41, 5.74) is 0. The monoisotopic (exact) mass is 129 g/mol. The van der Waals surface area contributed by atoms with Gasteiger partial charge < -0.3 is 5.32 Å². The molecule has 0 aliphatic carbocycles. The van der Waals surface area contributed by atoms with Crippen LogP contribution in [0.3, 0.4) is 0 Å². The molecule has 0 bridgehead atoms. The maximum Gasteiger partial charge on any atom is 0.0781 e. The van der Waals surface area contributed by atoms with Crippen molar-refractivity contribution >= 4 is 17.2 Å². The van der Waals surface area contributed by atoms with Crippen LogP contribution in [0.5, 0.6) is 0 Å². The van der Waals surface area contributed by atoms with Crippen LogP contribution >= 0.6 is 12.2 Å². The molecule has 2 heteroatoms. The minimum Gasteiger partial charge on any atom is -0.379 e. The second kappa shape index (κ2) is 2.44. The molecule has 0 aromatic carbocycles. The van der Waals surface area contributed by atoms with E-state index in [2.05, 4.69) is 12.2 Å². The molecule has 8 heavy (non-hydrogen) atoms. The van der Waals surface area contributed by atoms with E-state index in [1.807, 2.05) is 0 Å². The van der Waals surface area contributed by atoms with Gasteiger partial charge in [-0.2, -0.15) is 0 Å². The normalized spacial score (nSPS) is 29.6. The molecule has 1 heterocycles. The van der Waals surface area contributed by atoms with E-state index in [1.54, 1.807) is 0 Å². The first-order valence-corrected chi connectivity index (χ1v) is 3.49. The average molecular weight is 129 g/mol. The van der Waals surface area contributed by atoms with Crippen LogP contribution in [0.25, 0.3) is 0 Å². The van der Waals surface area contributed by atoms with Crippen molar-refractivity contribution in [1.29, 1.82) is 0 Å². The van der Waals surface area contributed by atoms with Gasteiger partial charge in [0.2, 0.25) is 0 Å². The highest BCUT2D eigenvalue weighted by Crippen LogP contribution is 2.10. The molecule has 1 nitrogen and oxygen atoms in total. The Kier molecular flexibility index (Phi) is 1.84. The van der Waals surface area contributed by atoms with Gasteiger partial charge in [0.15, 0.2) is 0 Å². The van der Waals surface area contributed by atoms with E-state index in [0.717, 1.165) is 11.5 Å². The molecule has 46 valence electrons. The highest BCUT2D eigenvalue weighted by molar-refractivity contribution is 7.80. The molecule has 1 fully saturated rings. The van der Waals surface area contributed by atoms with E-state index in [1.165, 1.54) is 12.8 Å². The number of nitrogens with one attached hydrogen (secondary N) is 1. The first-order valence-electron chi connectivity index (χ1n) is 3.08. The number of piperidine rings is 1. The lowest BCUT2D eigenvalue weighted by atomic mass is 10.0. The number of rotatable bonds is 0. The first-order chi connectivity index (χ1) is 3.80. The van der Waals surface area contributed by atoms with Gasteiger partial charge in [-0.3, -0.25) is 0 Å². The van der Waals surface area contributed by atoms with Crippen LogP contribution in [0.4, 0.5) is 0 Å². The van der Waals surface area contributed by atoms with Gasteiger partial charge in [-0.1, -0.05) is 19.1 Å². The second-order valence-electron chi connectivity index (χ2n) is 2.33. The molecule has 0 amide bonds. The van der Waals surface area contributed by atoms with E-state index >= 15 is 0 Å². The fourth-order valence-electron chi connectivity index (χ4n) is 0.925. The standard InChI is InChI=1S/C6H11NS/c1-5-3-2-4-7-6(5)8/h5H,2-4H2,1H3,(H,7,8). The zero-order valence-electron chi connectivity index (χ0n) is 5.11. The van der Waals surface area contributed by atoms with Gasteiger partial charge in [0.1, 0.15) is 0 Å². The fraction of sp³-hybridized carbons (Fsp3) is 0.833. The predicted molar refractivity (Wildman–Crippen MR) is 39.0 cm³/mol. The minimum absolute atomic E-state index is 0.624. The van der Waals surface area contributed by atoms with Crippen LogP contribution in [-0.4, -0.2) is 11.5 Å². The average Bonchev–Trinajstić information content (AvgIpc) is 1.77. The molecule has 1 rings (SSSR count). The smallest absolute Gasteiger partial charge is 0.0781 e. The maximum absolute atomic E-state index is 5.02. The summed E-state index contributed by atoms with van der Waals surface area (Å²) in [7, 11) is 0. The van der Waals surface area contributed by atoms with Crippen LogP contribution in [0, 0.1) is 5.92 Å². The van der Waals surface area contributed by atoms with Gasteiger partial charge in [-0.25, -0.2) is 0 Å². The Balaban J connectivity index is 2.39. The Hall–Kier alpha value is -0.110. The summed E-state index contributed by atoms with van der Waals surface area (Å²) in [4.78, 5) is 1.05. The molecule has 1 aliphatic heterocycles. The van der Waals surface area contributed by atoms with Crippen molar-refractivity contribution < 1.29 is 0 Å². The van der Waals surface area contributed by atoms with E-state index in [9.17, 15) is 0 Å². The first kappa shape index (κ1) is 6.02. The highest BCUT2D eigenvalue weighted by Gasteiger charge is 2.11. The van der Waals surface area contributed by atoms with Crippen LogP contribution in [-0.2, 0) is 0 Å². The third-order valence-electron chi connectivity index (χ3n) is 1.56. The Bertz CT molecular complexity index is 101. The summed E-state index contributed by atoms with van der Waals surface area (Å²) in [6.07, 6.45) is 2.55. The molecule has 0 radical (unpaired) electrons. The van der Waals surface area contributed by atoms with Crippen LogP contribution in [0.1, 0.15) is 19.8 Å². The van der Waals surface area contributed by atoms with Gasteiger partial charge in [0.05, 0.1) is 4.99 Å². The summed E-state index contributed by atoms with van der Waals surface area (Å²) in [6.45, 7) is 3.26. The zero-order valence-corrected chi connectivity index (χ0v) is 5.92. The third-order valence-corrected chi connectivity index (χ3v) is 2.11. The van der Waals surface area contributed by atoms with Crippen LogP contribution in [0.15, 0.2) is 0 Å². The topological polar surface area (TPSA) is 12.0 Å². The molecular weight excluding hydrogens is 118 g/mol. The van der Waals surface area contributed by atoms with Crippen LogP contribution in [0.2, 0.25) is 0 Å². The lowest BCUT2D eigenvalue weighted by molar-refractivity contribution is 0.569. The molecule has 1 saturated heterocycles. The van der Waals surface area contributed by atoms with Crippen molar-refractivity contribution in [2.45, 2.75) is 19.8 Å². The van der Waals surface area contributed by atoms with Crippen LogP contribution < -0.4 is 5.32 Å². The quantitative estimate of drug-likeness (QED) is 0.495. The van der Waals surface area contributed by atoms with E-state index in [-0.39, 0.29) is 0 Å². The number of thiocarbonyl (C=S) groups is 1. The summed E-state index contributed by atoms with van der Waals surface area (Å²) >= 11 is 5.02. The Morgan fingerprint density at radius 3 is 2.88 bits per heavy atom. The Morgan fingerprint density at radius 1 is 1.75 bits per heavy atom. The van der Waals surface area contributed by atoms with Crippen molar-refractivity contribution in [2.24, 2.45) is 5.92 Å². The van der Waals surface area contributed by atoms with Crippen molar-refractivity contribution in [2.75, 3.05) is 6.54 Å². The van der Waals surface area contributed by atoms with Crippen molar-refractivity contribution in [3.8, 4) is 0 Å². The zero-order chi connectivity index (χ0) is 5.98. The summed E-state index contributed by atoms with van der Waals surface area (Å²) in [5.74, 6) is 0.624. The van der Waals surface area contributed by atoms with Gasteiger partial charge in [0.25, 0.3) is 0 Å².